The van der Waals surface area contributed by atoms with Gasteiger partial charge in [0.2, 0.25) is 10.0 Å². The number of aromatic nitrogens is 2. The van der Waals surface area contributed by atoms with Gasteiger partial charge in [-0.15, -0.1) is 10.2 Å². The highest BCUT2D eigenvalue weighted by molar-refractivity contribution is 7.89. The average molecular weight is 515 g/mol. The molecule has 0 unspecified atom stereocenters. The quantitative estimate of drug-likeness (QED) is 0.338. The van der Waals surface area contributed by atoms with E-state index in [2.05, 4.69) is 10.2 Å². The fraction of sp³-hybridized carbons (Fsp3) is 0.273. The first kappa shape index (κ1) is 24.9. The second-order valence-electron chi connectivity index (χ2n) is 8.00. The summed E-state index contributed by atoms with van der Waals surface area (Å²) in [7, 11) is -2.62. The zero-order chi connectivity index (χ0) is 26.0. The Morgan fingerprint density at radius 2 is 1.56 bits per heavy atom. The van der Waals surface area contributed by atoms with Crippen LogP contribution in [0.5, 0.6) is 5.75 Å². The highest BCUT2D eigenvalue weighted by Crippen LogP contribution is 2.33. The molecule has 0 radical (unpaired) electrons. The number of benzene rings is 2. The molecule has 0 amide bonds. The summed E-state index contributed by atoms with van der Waals surface area (Å²) in [6, 6.07) is 12.7. The van der Waals surface area contributed by atoms with Gasteiger partial charge in [0.05, 0.1) is 27.5 Å². The minimum absolute atomic E-state index is 0.0666. The first-order valence-corrected chi connectivity index (χ1v) is 12.2. The molecule has 36 heavy (non-hydrogen) atoms. The first-order chi connectivity index (χ1) is 17.1. The van der Waals surface area contributed by atoms with Crippen LogP contribution in [-0.4, -0.2) is 66.1 Å². The van der Waals surface area contributed by atoms with Crippen LogP contribution < -0.4 is 9.64 Å². The summed E-state index contributed by atoms with van der Waals surface area (Å²) in [5.41, 5.74) is 0.0531. The van der Waals surface area contributed by atoms with E-state index in [1.165, 1.54) is 6.92 Å². The van der Waals surface area contributed by atoms with Crippen LogP contribution in [-0.2, 0) is 10.0 Å². The Bertz CT molecular complexity index is 1390. The van der Waals surface area contributed by atoms with Crippen LogP contribution in [0.2, 0.25) is 0 Å². The van der Waals surface area contributed by atoms with E-state index in [-0.39, 0.29) is 18.7 Å². The smallest absolute Gasteiger partial charge is 0.280 e. The number of hydrogen-bond acceptors (Lipinski definition) is 10. The number of nitro benzene ring substituents is 2. The third kappa shape index (κ3) is 4.81. The lowest BCUT2D eigenvalue weighted by atomic mass is 10.1. The average Bonchev–Trinajstić information content (AvgIpc) is 2.88. The van der Waals surface area contributed by atoms with Gasteiger partial charge in [0.25, 0.3) is 11.4 Å². The number of methoxy groups -OCH3 is 1. The SMILES string of the molecule is COc1cccc(-c2ccc(N3CCN(S(=O)(=O)c4cc([N+](=O)[O-])c(C)c([N+](=O)[O-])c4)CC3)nn2)c1. The molecule has 14 heteroatoms. The number of nitro groups is 2. The molecule has 13 nitrogen and oxygen atoms in total. The minimum Gasteiger partial charge on any atom is -0.497 e. The number of anilines is 1. The normalized spacial score (nSPS) is 14.4. The van der Waals surface area contributed by atoms with E-state index in [0.29, 0.717) is 30.4 Å². The Hall–Kier alpha value is -4.17. The molecule has 0 N–H and O–H groups in total. The summed E-state index contributed by atoms with van der Waals surface area (Å²) >= 11 is 0. The summed E-state index contributed by atoms with van der Waals surface area (Å²) in [6.45, 7) is 1.94. The molecule has 0 spiro atoms. The summed E-state index contributed by atoms with van der Waals surface area (Å²) in [5, 5.41) is 31.2. The van der Waals surface area contributed by atoms with Crippen molar-refractivity contribution in [1.29, 1.82) is 0 Å². The van der Waals surface area contributed by atoms with Gasteiger partial charge in [0.1, 0.15) is 11.3 Å². The highest BCUT2D eigenvalue weighted by Gasteiger charge is 2.33. The van der Waals surface area contributed by atoms with Gasteiger partial charge in [-0.05, 0) is 31.2 Å². The summed E-state index contributed by atoms with van der Waals surface area (Å²) in [4.78, 5) is 22.4. The van der Waals surface area contributed by atoms with Gasteiger partial charge in [0, 0.05) is 43.9 Å². The topological polar surface area (TPSA) is 162 Å². The number of rotatable bonds is 7. The Balaban J connectivity index is 1.50. The molecule has 0 bridgehead atoms. The Morgan fingerprint density at radius 3 is 2.08 bits per heavy atom. The zero-order valence-corrected chi connectivity index (χ0v) is 20.2. The molecule has 1 fully saturated rings. The molecule has 1 aliphatic heterocycles. The van der Waals surface area contributed by atoms with Crippen LogP contribution in [0.1, 0.15) is 5.56 Å². The molecule has 1 saturated heterocycles. The van der Waals surface area contributed by atoms with Gasteiger partial charge in [-0.25, -0.2) is 8.42 Å². The van der Waals surface area contributed by atoms with Gasteiger partial charge in [0.15, 0.2) is 5.82 Å². The molecule has 1 aromatic heterocycles. The highest BCUT2D eigenvalue weighted by atomic mass is 32.2. The van der Waals surface area contributed by atoms with Gasteiger partial charge in [-0.1, -0.05) is 12.1 Å². The number of piperazine rings is 1. The lowest BCUT2D eigenvalue weighted by molar-refractivity contribution is -0.395. The zero-order valence-electron chi connectivity index (χ0n) is 19.4. The van der Waals surface area contributed by atoms with Crippen LogP contribution in [0.4, 0.5) is 17.2 Å². The molecular formula is C22H22N6O7S. The van der Waals surface area contributed by atoms with E-state index in [4.69, 9.17) is 4.74 Å². The Morgan fingerprint density at radius 1 is 0.917 bits per heavy atom. The largest absolute Gasteiger partial charge is 0.497 e. The third-order valence-corrected chi connectivity index (χ3v) is 7.81. The van der Waals surface area contributed by atoms with Crippen molar-refractivity contribution in [1.82, 2.24) is 14.5 Å². The molecule has 1 aliphatic rings. The molecule has 0 aliphatic carbocycles. The fourth-order valence-corrected chi connectivity index (χ4v) is 5.39. The van der Waals surface area contributed by atoms with Crippen LogP contribution in [0.15, 0.2) is 53.4 Å². The first-order valence-electron chi connectivity index (χ1n) is 10.8. The van der Waals surface area contributed by atoms with Crippen LogP contribution in [0, 0.1) is 27.2 Å². The van der Waals surface area contributed by atoms with Gasteiger partial charge >= 0.3 is 0 Å². The monoisotopic (exact) mass is 514 g/mol. The van der Waals surface area contributed by atoms with E-state index >= 15 is 0 Å². The van der Waals surface area contributed by atoms with E-state index in [1.54, 1.807) is 13.2 Å². The van der Waals surface area contributed by atoms with Crippen molar-refractivity contribution in [2.45, 2.75) is 11.8 Å². The van der Waals surface area contributed by atoms with Crippen molar-refractivity contribution in [2.75, 3.05) is 38.2 Å². The van der Waals surface area contributed by atoms with Crippen molar-refractivity contribution in [2.24, 2.45) is 0 Å². The second-order valence-corrected chi connectivity index (χ2v) is 9.94. The van der Waals surface area contributed by atoms with E-state index in [1.807, 2.05) is 35.2 Å². The minimum atomic E-state index is -4.20. The second kappa shape index (κ2) is 9.83. The standard InChI is InChI=1S/C22H22N6O7S/c1-15-20(27(29)30)13-18(14-21(15)28(31)32)36(33,34)26-10-8-25(9-11-26)22-7-6-19(23-24-22)16-4-3-5-17(12-16)35-2/h3-7,12-14H,8-11H2,1-2H3. The number of sulfonamides is 1. The van der Waals surface area contributed by atoms with Gasteiger partial charge < -0.3 is 9.64 Å². The molecule has 4 rings (SSSR count). The lowest BCUT2D eigenvalue weighted by Gasteiger charge is -2.34. The molecule has 0 saturated carbocycles. The molecule has 3 aromatic rings. The van der Waals surface area contributed by atoms with Crippen molar-refractivity contribution < 1.29 is 23.0 Å². The maximum atomic E-state index is 13.2. The van der Waals surface area contributed by atoms with Crippen LogP contribution >= 0.6 is 0 Å². The Labute approximate surface area is 206 Å². The predicted octanol–water partition coefficient (Wildman–Crippen LogP) is 2.79. The maximum Gasteiger partial charge on any atom is 0.280 e. The van der Waals surface area contributed by atoms with Crippen LogP contribution in [0.25, 0.3) is 11.3 Å². The van der Waals surface area contributed by atoms with E-state index < -0.39 is 36.1 Å². The molecular weight excluding hydrogens is 492 g/mol. The number of hydrogen-bond donors (Lipinski definition) is 0. The third-order valence-electron chi connectivity index (χ3n) is 5.94. The van der Waals surface area contributed by atoms with Crippen molar-refractivity contribution >= 4 is 27.2 Å². The lowest BCUT2D eigenvalue weighted by Crippen LogP contribution is -2.49. The Kier molecular flexibility index (Phi) is 6.81. The van der Waals surface area contributed by atoms with Crippen molar-refractivity contribution in [3.05, 3.63) is 74.3 Å². The van der Waals surface area contributed by atoms with E-state index in [0.717, 1.165) is 22.0 Å². The molecule has 0 atom stereocenters. The predicted molar refractivity (Wildman–Crippen MR) is 129 cm³/mol. The van der Waals surface area contributed by atoms with Crippen molar-refractivity contribution in [3.8, 4) is 17.0 Å². The molecule has 188 valence electrons. The molecule has 2 heterocycles. The van der Waals surface area contributed by atoms with Crippen molar-refractivity contribution in [3.63, 3.8) is 0 Å². The van der Waals surface area contributed by atoms with E-state index in [9.17, 15) is 28.6 Å². The van der Waals surface area contributed by atoms with Gasteiger partial charge in [-0.2, -0.15) is 4.31 Å². The summed E-state index contributed by atoms with van der Waals surface area (Å²) in [5.74, 6) is 1.26. The summed E-state index contributed by atoms with van der Waals surface area (Å²) < 4.78 is 32.7. The number of ether oxygens (including phenoxy) is 1. The van der Waals surface area contributed by atoms with Crippen LogP contribution in [0.3, 0.4) is 0 Å². The summed E-state index contributed by atoms with van der Waals surface area (Å²) in [6.07, 6.45) is 0. The molecule has 2 aromatic carbocycles. The fourth-order valence-electron chi connectivity index (χ4n) is 3.92. The maximum absolute atomic E-state index is 13.2. The number of nitrogens with zero attached hydrogens (tertiary/aromatic N) is 6. The van der Waals surface area contributed by atoms with Gasteiger partial charge in [-0.3, -0.25) is 20.2 Å².